The van der Waals surface area contributed by atoms with Gasteiger partial charge in [-0.1, -0.05) is 28.1 Å². The normalized spacial score (nSPS) is 13.2. The van der Waals surface area contributed by atoms with Gasteiger partial charge < -0.3 is 0 Å². The molecule has 0 aliphatic rings. The Hall–Kier alpha value is -1.24. The molecule has 1 aromatic carbocycles. The molecule has 0 aliphatic heterocycles. The third kappa shape index (κ3) is 3.45. The molecule has 2 aromatic rings. The summed E-state index contributed by atoms with van der Waals surface area (Å²) in [5, 5.41) is 0. The van der Waals surface area contributed by atoms with Crippen LogP contribution in [-0.2, 0) is 10.0 Å². The van der Waals surface area contributed by atoms with Crippen molar-refractivity contribution in [2.45, 2.75) is 24.8 Å². The van der Waals surface area contributed by atoms with E-state index in [0.717, 1.165) is 4.47 Å². The van der Waals surface area contributed by atoms with E-state index in [0.29, 0.717) is 11.3 Å². The first-order valence-electron chi connectivity index (χ1n) is 6.09. The van der Waals surface area contributed by atoms with Crippen molar-refractivity contribution in [1.82, 2.24) is 9.71 Å². The molecule has 0 aliphatic carbocycles. The van der Waals surface area contributed by atoms with E-state index in [1.165, 1.54) is 0 Å². The molecule has 1 aromatic heterocycles. The zero-order valence-corrected chi connectivity index (χ0v) is 13.6. The Labute approximate surface area is 127 Å². The van der Waals surface area contributed by atoms with Crippen molar-refractivity contribution in [3.8, 4) is 0 Å². The number of nitrogens with one attached hydrogen (secondary N) is 1. The lowest BCUT2D eigenvalue weighted by molar-refractivity contribution is 0.563. The minimum Gasteiger partial charge on any atom is -0.260 e. The number of hydrogen-bond acceptors (Lipinski definition) is 3. The predicted molar refractivity (Wildman–Crippen MR) is 81.9 cm³/mol. The lowest BCUT2D eigenvalue weighted by Gasteiger charge is -2.15. The monoisotopic (exact) mass is 354 g/mol. The maximum Gasteiger partial charge on any atom is 0.241 e. The average Bonchev–Trinajstić information content (AvgIpc) is 2.42. The summed E-state index contributed by atoms with van der Waals surface area (Å²) >= 11 is 3.30. The highest BCUT2D eigenvalue weighted by molar-refractivity contribution is 9.10. The first-order valence-corrected chi connectivity index (χ1v) is 8.37. The number of nitrogens with zero attached hydrogens (tertiary/aromatic N) is 1. The van der Waals surface area contributed by atoms with Crippen molar-refractivity contribution in [2.24, 2.45) is 0 Å². The van der Waals surface area contributed by atoms with Crippen LogP contribution < -0.4 is 4.72 Å². The van der Waals surface area contributed by atoms with E-state index >= 15 is 0 Å². The van der Waals surface area contributed by atoms with Gasteiger partial charge in [-0.3, -0.25) is 4.98 Å². The number of pyridine rings is 1. The van der Waals surface area contributed by atoms with Gasteiger partial charge >= 0.3 is 0 Å². The predicted octanol–water partition coefficient (Wildman–Crippen LogP) is 3.19. The lowest BCUT2D eigenvalue weighted by atomic mass is 10.2. The van der Waals surface area contributed by atoms with Crippen LogP contribution in [0.3, 0.4) is 0 Å². The zero-order chi connectivity index (χ0) is 14.8. The maximum atomic E-state index is 12.4. The molecule has 1 heterocycles. The number of sulfonamides is 1. The van der Waals surface area contributed by atoms with Crippen molar-refractivity contribution >= 4 is 26.0 Å². The molecule has 0 spiro atoms. The topological polar surface area (TPSA) is 59.1 Å². The van der Waals surface area contributed by atoms with Gasteiger partial charge in [0.15, 0.2) is 0 Å². The Morgan fingerprint density at radius 1 is 1.25 bits per heavy atom. The Morgan fingerprint density at radius 2 is 2.00 bits per heavy atom. The summed E-state index contributed by atoms with van der Waals surface area (Å²) in [6, 6.07) is 10.2. The van der Waals surface area contributed by atoms with Gasteiger partial charge in [0, 0.05) is 10.7 Å². The van der Waals surface area contributed by atoms with Crippen LogP contribution in [0.1, 0.15) is 24.2 Å². The molecule has 1 N–H and O–H groups in total. The second-order valence-electron chi connectivity index (χ2n) is 4.51. The second kappa shape index (κ2) is 6.03. The molecule has 20 heavy (non-hydrogen) atoms. The summed E-state index contributed by atoms with van der Waals surface area (Å²) in [6.07, 6.45) is 1.64. The first kappa shape index (κ1) is 15.2. The minimum absolute atomic E-state index is 0.273. The summed E-state index contributed by atoms with van der Waals surface area (Å²) in [5.41, 5.74) is 1.39. The molecule has 1 atom stereocenters. The fourth-order valence-corrected chi connectivity index (χ4v) is 3.85. The number of aryl methyl sites for hydroxylation is 1. The van der Waals surface area contributed by atoms with Crippen LogP contribution >= 0.6 is 15.9 Å². The van der Waals surface area contributed by atoms with Crippen molar-refractivity contribution in [3.63, 3.8) is 0 Å². The van der Waals surface area contributed by atoms with Crippen molar-refractivity contribution < 1.29 is 8.42 Å². The highest BCUT2D eigenvalue weighted by atomic mass is 79.9. The number of hydrogen-bond donors (Lipinski definition) is 1. The molecule has 0 saturated heterocycles. The SMILES string of the molecule is Cc1ccc(Br)cc1S(=O)(=O)NC(C)c1ccccn1. The summed E-state index contributed by atoms with van der Waals surface area (Å²) in [4.78, 5) is 4.43. The lowest BCUT2D eigenvalue weighted by Crippen LogP contribution is -2.28. The average molecular weight is 355 g/mol. The van der Waals surface area contributed by atoms with Gasteiger partial charge in [-0.2, -0.15) is 0 Å². The molecule has 4 nitrogen and oxygen atoms in total. The number of halogens is 1. The van der Waals surface area contributed by atoms with Gasteiger partial charge in [0.05, 0.1) is 16.6 Å². The van der Waals surface area contributed by atoms with E-state index < -0.39 is 10.0 Å². The van der Waals surface area contributed by atoms with E-state index in [2.05, 4.69) is 25.6 Å². The molecule has 0 fully saturated rings. The van der Waals surface area contributed by atoms with Crippen LogP contribution in [0.15, 0.2) is 52.0 Å². The number of aromatic nitrogens is 1. The van der Waals surface area contributed by atoms with Gasteiger partial charge in [0.2, 0.25) is 10.0 Å². The van der Waals surface area contributed by atoms with E-state index in [1.54, 1.807) is 44.3 Å². The Bertz CT molecular complexity index is 702. The van der Waals surface area contributed by atoms with Gasteiger partial charge in [-0.15, -0.1) is 0 Å². The molecule has 0 amide bonds. The highest BCUT2D eigenvalue weighted by Crippen LogP contribution is 2.22. The van der Waals surface area contributed by atoms with E-state index in [-0.39, 0.29) is 10.9 Å². The summed E-state index contributed by atoms with van der Waals surface area (Å²) in [7, 11) is -3.58. The minimum atomic E-state index is -3.58. The standard InChI is InChI=1S/C14H15BrN2O2S/c1-10-6-7-12(15)9-14(10)20(18,19)17-11(2)13-5-3-4-8-16-13/h3-9,11,17H,1-2H3. The summed E-state index contributed by atoms with van der Waals surface area (Å²) in [5.74, 6) is 0. The fraction of sp³-hybridized carbons (Fsp3) is 0.214. The van der Waals surface area contributed by atoms with E-state index in [4.69, 9.17) is 0 Å². The van der Waals surface area contributed by atoms with Crippen LogP contribution in [0.4, 0.5) is 0 Å². The molecule has 106 valence electrons. The summed E-state index contributed by atoms with van der Waals surface area (Å²) in [6.45, 7) is 3.54. The van der Waals surface area contributed by atoms with Crippen LogP contribution in [0.2, 0.25) is 0 Å². The Kier molecular flexibility index (Phi) is 4.57. The Balaban J connectivity index is 2.30. The van der Waals surface area contributed by atoms with Gasteiger partial charge in [-0.25, -0.2) is 13.1 Å². The first-order chi connectivity index (χ1) is 9.40. The summed E-state index contributed by atoms with van der Waals surface area (Å²) < 4.78 is 28.2. The molecule has 1 unspecified atom stereocenters. The molecule has 2 rings (SSSR count). The molecule has 6 heteroatoms. The molecular weight excluding hydrogens is 340 g/mol. The largest absolute Gasteiger partial charge is 0.260 e. The molecule has 0 saturated carbocycles. The second-order valence-corrected chi connectivity index (χ2v) is 7.11. The third-order valence-corrected chi connectivity index (χ3v) is 5.08. The smallest absolute Gasteiger partial charge is 0.241 e. The van der Waals surface area contributed by atoms with Gasteiger partial charge in [0.1, 0.15) is 0 Å². The van der Waals surface area contributed by atoms with E-state index in [9.17, 15) is 8.42 Å². The van der Waals surface area contributed by atoms with Crippen LogP contribution in [0.5, 0.6) is 0 Å². The number of benzene rings is 1. The van der Waals surface area contributed by atoms with Crippen molar-refractivity contribution in [3.05, 3.63) is 58.3 Å². The number of rotatable bonds is 4. The zero-order valence-electron chi connectivity index (χ0n) is 11.2. The van der Waals surface area contributed by atoms with Crippen molar-refractivity contribution in [1.29, 1.82) is 0 Å². The fourth-order valence-electron chi connectivity index (χ4n) is 1.85. The molecule has 0 radical (unpaired) electrons. The van der Waals surface area contributed by atoms with Crippen LogP contribution in [0.25, 0.3) is 0 Å². The van der Waals surface area contributed by atoms with Crippen molar-refractivity contribution in [2.75, 3.05) is 0 Å². The quantitative estimate of drug-likeness (QED) is 0.916. The molecule has 0 bridgehead atoms. The molecular formula is C14H15BrN2O2S. The third-order valence-electron chi connectivity index (χ3n) is 2.90. The highest BCUT2D eigenvalue weighted by Gasteiger charge is 2.21. The van der Waals surface area contributed by atoms with E-state index in [1.807, 2.05) is 12.1 Å². The van der Waals surface area contributed by atoms with Crippen LogP contribution in [-0.4, -0.2) is 13.4 Å². The Morgan fingerprint density at radius 3 is 2.65 bits per heavy atom. The van der Waals surface area contributed by atoms with Gasteiger partial charge in [0.25, 0.3) is 0 Å². The maximum absolute atomic E-state index is 12.4. The van der Waals surface area contributed by atoms with Crippen LogP contribution in [0, 0.1) is 6.92 Å². The van der Waals surface area contributed by atoms with Gasteiger partial charge in [-0.05, 0) is 43.7 Å².